The second-order valence-electron chi connectivity index (χ2n) is 7.83. The molecule has 0 radical (unpaired) electrons. The zero-order chi connectivity index (χ0) is 21.1. The molecule has 1 aromatic heterocycles. The van der Waals surface area contributed by atoms with Gasteiger partial charge in [-0.05, 0) is 37.6 Å². The van der Waals surface area contributed by atoms with Crippen molar-refractivity contribution < 1.29 is 14.3 Å². The first-order chi connectivity index (χ1) is 14.5. The summed E-state index contributed by atoms with van der Waals surface area (Å²) in [4.78, 5) is 31.3. The number of aryl methyl sites for hydroxylation is 2. The van der Waals surface area contributed by atoms with Crippen LogP contribution in [0.4, 0.5) is 11.5 Å². The highest BCUT2D eigenvalue weighted by atomic mass is 16.5. The summed E-state index contributed by atoms with van der Waals surface area (Å²) in [6.45, 7) is 6.39. The Balaban J connectivity index is 1.26. The number of carbonyl (C=O) groups excluding carboxylic acids is 2. The quantitative estimate of drug-likeness (QED) is 0.753. The Morgan fingerprint density at radius 2 is 1.67 bits per heavy atom. The molecule has 160 valence electrons. The third-order valence-electron chi connectivity index (χ3n) is 5.83. The van der Waals surface area contributed by atoms with Crippen molar-refractivity contribution in [2.45, 2.75) is 32.7 Å². The van der Waals surface area contributed by atoms with E-state index < -0.39 is 0 Å². The topological polar surface area (TPSA) is 70.9 Å². The van der Waals surface area contributed by atoms with E-state index in [9.17, 15) is 9.59 Å². The number of fused-ring (bicyclic) bond motifs is 1. The fraction of sp³-hybridized carbons (Fsp3) is 0.500. The molecule has 0 aliphatic carbocycles. The number of methoxy groups -OCH3 is 1. The van der Waals surface area contributed by atoms with E-state index in [1.807, 2.05) is 46.8 Å². The normalized spacial score (nSPS) is 16.4. The average molecular weight is 412 g/mol. The first-order valence-corrected chi connectivity index (χ1v) is 10.6. The Bertz CT molecular complexity index is 900. The van der Waals surface area contributed by atoms with Gasteiger partial charge in [0.1, 0.15) is 11.6 Å². The molecule has 2 amide bonds. The van der Waals surface area contributed by atoms with Crippen LogP contribution in [-0.4, -0.2) is 66.3 Å². The average Bonchev–Trinajstić information content (AvgIpc) is 3.17. The van der Waals surface area contributed by atoms with E-state index in [4.69, 9.17) is 4.74 Å². The van der Waals surface area contributed by atoms with Crippen LogP contribution in [0.3, 0.4) is 0 Å². The summed E-state index contributed by atoms with van der Waals surface area (Å²) in [6.07, 6.45) is 1.38. The van der Waals surface area contributed by atoms with Crippen LogP contribution in [0.5, 0.6) is 5.75 Å². The van der Waals surface area contributed by atoms with Crippen LogP contribution < -0.4 is 14.5 Å². The highest BCUT2D eigenvalue weighted by Crippen LogP contribution is 2.23. The smallest absolute Gasteiger partial charge is 0.228 e. The van der Waals surface area contributed by atoms with Gasteiger partial charge in [0.2, 0.25) is 11.8 Å². The van der Waals surface area contributed by atoms with Gasteiger partial charge in [-0.25, -0.2) is 4.68 Å². The van der Waals surface area contributed by atoms with Crippen molar-refractivity contribution in [3.8, 4) is 5.75 Å². The minimum absolute atomic E-state index is 0.000990. The summed E-state index contributed by atoms with van der Waals surface area (Å²) in [7, 11) is 1.66. The van der Waals surface area contributed by atoms with Crippen molar-refractivity contribution in [3.05, 3.63) is 36.0 Å². The summed E-state index contributed by atoms with van der Waals surface area (Å²) in [6, 6.07) is 9.93. The number of piperazine rings is 1. The highest BCUT2D eigenvalue weighted by molar-refractivity contribution is 5.95. The molecule has 0 spiro atoms. The minimum Gasteiger partial charge on any atom is -0.497 e. The van der Waals surface area contributed by atoms with E-state index in [0.717, 1.165) is 49.0 Å². The summed E-state index contributed by atoms with van der Waals surface area (Å²) < 4.78 is 7.09. The van der Waals surface area contributed by atoms with Crippen molar-refractivity contribution in [2.75, 3.05) is 49.6 Å². The molecule has 1 aromatic carbocycles. The van der Waals surface area contributed by atoms with Crippen molar-refractivity contribution in [1.82, 2.24) is 14.7 Å². The van der Waals surface area contributed by atoms with E-state index in [-0.39, 0.29) is 24.7 Å². The summed E-state index contributed by atoms with van der Waals surface area (Å²) in [5.41, 5.74) is 2.05. The number of amides is 2. The Morgan fingerprint density at radius 1 is 0.967 bits per heavy atom. The van der Waals surface area contributed by atoms with Crippen LogP contribution in [0.2, 0.25) is 0 Å². The largest absolute Gasteiger partial charge is 0.497 e. The Morgan fingerprint density at radius 3 is 2.37 bits per heavy atom. The molecule has 30 heavy (non-hydrogen) atoms. The number of aromatic nitrogens is 2. The molecule has 0 saturated carbocycles. The van der Waals surface area contributed by atoms with Crippen molar-refractivity contribution in [3.63, 3.8) is 0 Å². The molecular formula is C22H29N5O3. The SMILES string of the molecule is COc1ccc(N2CCN(C(=O)CCC(=O)N3CCCn4nc(C)cc43)CC2)cc1. The zero-order valence-electron chi connectivity index (χ0n) is 17.7. The first kappa shape index (κ1) is 20.3. The van der Waals surface area contributed by atoms with Crippen LogP contribution in [0.15, 0.2) is 30.3 Å². The molecule has 1 fully saturated rings. The van der Waals surface area contributed by atoms with Gasteiger partial charge in [-0.1, -0.05) is 0 Å². The van der Waals surface area contributed by atoms with Crippen molar-refractivity contribution in [1.29, 1.82) is 0 Å². The van der Waals surface area contributed by atoms with Crippen molar-refractivity contribution in [2.24, 2.45) is 0 Å². The lowest BCUT2D eigenvalue weighted by Gasteiger charge is -2.36. The van der Waals surface area contributed by atoms with Crippen LogP contribution in [0, 0.1) is 6.92 Å². The van der Waals surface area contributed by atoms with Gasteiger partial charge in [0, 0.05) is 63.9 Å². The van der Waals surface area contributed by atoms with E-state index in [2.05, 4.69) is 10.00 Å². The molecule has 0 bridgehead atoms. The predicted molar refractivity (Wildman–Crippen MR) is 115 cm³/mol. The van der Waals surface area contributed by atoms with Crippen LogP contribution in [0.1, 0.15) is 25.0 Å². The number of hydrogen-bond donors (Lipinski definition) is 0. The van der Waals surface area contributed by atoms with Gasteiger partial charge in [0.15, 0.2) is 0 Å². The summed E-state index contributed by atoms with van der Waals surface area (Å²) in [5, 5.41) is 4.43. The van der Waals surface area contributed by atoms with Gasteiger partial charge in [0.05, 0.1) is 12.8 Å². The third kappa shape index (κ3) is 4.27. The van der Waals surface area contributed by atoms with Gasteiger partial charge in [-0.2, -0.15) is 5.10 Å². The van der Waals surface area contributed by atoms with Crippen LogP contribution in [-0.2, 0) is 16.1 Å². The third-order valence-corrected chi connectivity index (χ3v) is 5.83. The zero-order valence-corrected chi connectivity index (χ0v) is 17.7. The standard InChI is InChI=1S/C22H29N5O3/c1-17-16-20-26(10-3-11-27(20)23-17)22(29)9-8-21(28)25-14-12-24(13-15-25)18-4-6-19(30-2)7-5-18/h4-7,16H,3,8-15H2,1-2H3. The minimum atomic E-state index is 0.000990. The molecule has 0 unspecified atom stereocenters. The molecule has 8 nitrogen and oxygen atoms in total. The maximum atomic E-state index is 12.7. The number of carbonyl (C=O) groups is 2. The van der Waals surface area contributed by atoms with Gasteiger partial charge in [0.25, 0.3) is 0 Å². The second kappa shape index (κ2) is 8.77. The lowest BCUT2D eigenvalue weighted by Crippen LogP contribution is -2.49. The summed E-state index contributed by atoms with van der Waals surface area (Å²) in [5.74, 6) is 1.74. The monoisotopic (exact) mass is 411 g/mol. The van der Waals surface area contributed by atoms with Gasteiger partial charge < -0.3 is 14.5 Å². The lowest BCUT2D eigenvalue weighted by atomic mass is 10.2. The molecule has 2 aliphatic rings. The molecular weight excluding hydrogens is 382 g/mol. The number of ether oxygens (including phenoxy) is 1. The number of nitrogens with zero attached hydrogens (tertiary/aromatic N) is 5. The van der Waals surface area contributed by atoms with Gasteiger partial charge in [-0.3, -0.25) is 14.5 Å². The van der Waals surface area contributed by atoms with E-state index in [1.54, 1.807) is 12.0 Å². The number of rotatable bonds is 5. The van der Waals surface area contributed by atoms with E-state index in [0.29, 0.717) is 19.6 Å². The lowest BCUT2D eigenvalue weighted by molar-refractivity contribution is -0.133. The second-order valence-corrected chi connectivity index (χ2v) is 7.83. The number of benzene rings is 1. The molecule has 8 heteroatoms. The van der Waals surface area contributed by atoms with Crippen molar-refractivity contribution >= 4 is 23.3 Å². The molecule has 1 saturated heterocycles. The van der Waals surface area contributed by atoms with E-state index >= 15 is 0 Å². The molecule has 0 N–H and O–H groups in total. The number of anilines is 2. The Labute approximate surface area is 177 Å². The Hall–Kier alpha value is -3.03. The summed E-state index contributed by atoms with van der Waals surface area (Å²) >= 11 is 0. The van der Waals surface area contributed by atoms with E-state index in [1.165, 1.54) is 0 Å². The van der Waals surface area contributed by atoms with Crippen LogP contribution >= 0.6 is 0 Å². The predicted octanol–water partition coefficient (Wildman–Crippen LogP) is 2.07. The highest BCUT2D eigenvalue weighted by Gasteiger charge is 2.26. The van der Waals surface area contributed by atoms with Gasteiger partial charge in [-0.15, -0.1) is 0 Å². The molecule has 2 aliphatic heterocycles. The fourth-order valence-electron chi connectivity index (χ4n) is 4.17. The Kier molecular flexibility index (Phi) is 5.92. The molecule has 0 atom stereocenters. The molecule has 3 heterocycles. The molecule has 2 aromatic rings. The first-order valence-electron chi connectivity index (χ1n) is 10.6. The maximum absolute atomic E-state index is 12.7. The maximum Gasteiger partial charge on any atom is 0.228 e. The van der Waals surface area contributed by atoms with Gasteiger partial charge >= 0.3 is 0 Å². The number of hydrogen-bond acceptors (Lipinski definition) is 5. The van der Waals surface area contributed by atoms with Crippen LogP contribution in [0.25, 0.3) is 0 Å². The molecule has 4 rings (SSSR count). The fourth-order valence-corrected chi connectivity index (χ4v) is 4.17.